The zero-order valence-electron chi connectivity index (χ0n) is 10.7. The number of hydrogen-bond donors (Lipinski definition) is 4. The molecule has 18 heavy (non-hydrogen) atoms. The largest absolute Gasteiger partial charge is 0.409 e. The minimum Gasteiger partial charge on any atom is -0.409 e. The van der Waals surface area contributed by atoms with Crippen molar-refractivity contribution in [1.82, 2.24) is 10.6 Å². The van der Waals surface area contributed by atoms with Gasteiger partial charge < -0.3 is 21.6 Å². The average Bonchev–Trinajstić information content (AvgIpc) is 2.76. The first-order chi connectivity index (χ1) is 8.50. The van der Waals surface area contributed by atoms with Crippen LogP contribution in [-0.2, 0) is 9.59 Å². The van der Waals surface area contributed by atoms with Crippen LogP contribution >= 0.6 is 0 Å². The maximum atomic E-state index is 12.3. The zero-order valence-corrected chi connectivity index (χ0v) is 10.7. The van der Waals surface area contributed by atoms with Crippen LogP contribution in [0, 0.1) is 5.41 Å². The molecule has 0 radical (unpaired) electrons. The van der Waals surface area contributed by atoms with Gasteiger partial charge in [0.1, 0.15) is 5.41 Å². The molecule has 0 spiro atoms. The van der Waals surface area contributed by atoms with Crippen LogP contribution < -0.4 is 16.4 Å². The van der Waals surface area contributed by atoms with Gasteiger partial charge in [-0.2, -0.15) is 0 Å². The third-order valence-electron chi connectivity index (χ3n) is 3.55. The molecule has 7 heteroatoms. The summed E-state index contributed by atoms with van der Waals surface area (Å²) in [6.45, 7) is 4.03. The first-order valence-corrected chi connectivity index (χ1v) is 6.05. The van der Waals surface area contributed by atoms with Gasteiger partial charge >= 0.3 is 0 Å². The Morgan fingerprint density at radius 1 is 1.61 bits per heavy atom. The summed E-state index contributed by atoms with van der Waals surface area (Å²) in [6.07, 6.45) is 1.13. The van der Waals surface area contributed by atoms with Gasteiger partial charge in [-0.15, -0.1) is 0 Å². The van der Waals surface area contributed by atoms with Gasteiger partial charge in [-0.05, 0) is 12.8 Å². The van der Waals surface area contributed by atoms with Crippen LogP contribution in [0.3, 0.4) is 0 Å². The summed E-state index contributed by atoms with van der Waals surface area (Å²) in [4.78, 5) is 23.3. The lowest BCUT2D eigenvalue weighted by atomic mass is 9.80. The summed E-state index contributed by atoms with van der Waals surface area (Å²) in [5, 5.41) is 17.2. The highest BCUT2D eigenvalue weighted by molar-refractivity contribution is 6.06. The lowest BCUT2D eigenvalue weighted by molar-refractivity contribution is -0.128. The molecule has 1 atom stereocenters. The van der Waals surface area contributed by atoms with E-state index < -0.39 is 5.41 Å². The normalized spacial score (nSPS) is 20.7. The van der Waals surface area contributed by atoms with E-state index in [1.807, 2.05) is 0 Å². The van der Waals surface area contributed by atoms with Gasteiger partial charge in [0, 0.05) is 13.0 Å². The second kappa shape index (κ2) is 5.70. The number of hydrogen-bond acceptors (Lipinski definition) is 4. The van der Waals surface area contributed by atoms with Crippen LogP contribution in [0.25, 0.3) is 0 Å². The average molecular weight is 256 g/mol. The van der Waals surface area contributed by atoms with Crippen LogP contribution in [0.5, 0.6) is 0 Å². The molecule has 1 rings (SSSR count). The molecule has 0 aromatic carbocycles. The molecular formula is C11H20N4O3. The van der Waals surface area contributed by atoms with E-state index in [9.17, 15) is 9.59 Å². The Morgan fingerprint density at radius 3 is 2.61 bits per heavy atom. The molecule has 0 aromatic heterocycles. The van der Waals surface area contributed by atoms with E-state index in [4.69, 9.17) is 10.9 Å². The molecule has 0 bridgehead atoms. The number of nitrogens with zero attached hydrogens (tertiary/aromatic N) is 1. The Labute approximate surface area is 106 Å². The van der Waals surface area contributed by atoms with E-state index in [2.05, 4.69) is 15.8 Å². The number of carbonyl (C=O) groups excluding carboxylic acids is 2. The van der Waals surface area contributed by atoms with Crippen LogP contribution in [0.2, 0.25) is 0 Å². The van der Waals surface area contributed by atoms with E-state index >= 15 is 0 Å². The van der Waals surface area contributed by atoms with Gasteiger partial charge in [0.15, 0.2) is 5.84 Å². The van der Waals surface area contributed by atoms with Crippen LogP contribution in [0.15, 0.2) is 5.16 Å². The van der Waals surface area contributed by atoms with Gasteiger partial charge in [0.2, 0.25) is 11.8 Å². The Kier molecular flexibility index (Phi) is 4.52. The molecular weight excluding hydrogens is 236 g/mol. The number of rotatable bonds is 5. The van der Waals surface area contributed by atoms with Crippen LogP contribution in [0.1, 0.15) is 33.1 Å². The first kappa shape index (κ1) is 14.3. The molecule has 1 unspecified atom stereocenters. The second-order valence-electron chi connectivity index (χ2n) is 4.45. The summed E-state index contributed by atoms with van der Waals surface area (Å²) in [5.41, 5.74) is 4.62. The molecule has 1 heterocycles. The lowest BCUT2D eigenvalue weighted by Crippen LogP contribution is -2.52. The maximum Gasteiger partial charge on any atom is 0.234 e. The summed E-state index contributed by atoms with van der Waals surface area (Å²) >= 11 is 0. The predicted octanol–water partition coefficient (Wildman–Crippen LogP) is -0.456. The zero-order chi connectivity index (χ0) is 13.8. The summed E-state index contributed by atoms with van der Waals surface area (Å²) < 4.78 is 0. The summed E-state index contributed by atoms with van der Waals surface area (Å²) in [6, 6.07) is -0.228. The highest BCUT2D eigenvalue weighted by Crippen LogP contribution is 2.27. The van der Waals surface area contributed by atoms with Gasteiger partial charge in [-0.1, -0.05) is 19.0 Å². The van der Waals surface area contributed by atoms with Crippen molar-refractivity contribution >= 4 is 17.6 Å². The minimum atomic E-state index is -1.01. The molecule has 1 aliphatic rings. The van der Waals surface area contributed by atoms with Crippen molar-refractivity contribution in [2.24, 2.45) is 16.3 Å². The molecule has 102 valence electrons. The fraction of sp³-hybridized carbons (Fsp3) is 0.727. The number of oxime groups is 1. The molecule has 2 amide bonds. The molecule has 5 N–H and O–H groups in total. The van der Waals surface area contributed by atoms with Crippen molar-refractivity contribution in [3.8, 4) is 0 Å². The van der Waals surface area contributed by atoms with E-state index in [0.717, 1.165) is 0 Å². The number of nitrogens with two attached hydrogens (primary N) is 1. The molecule has 0 saturated carbocycles. The van der Waals surface area contributed by atoms with Gasteiger partial charge in [0.05, 0.1) is 6.04 Å². The minimum absolute atomic E-state index is 0.0808. The van der Waals surface area contributed by atoms with E-state index in [1.165, 1.54) is 0 Å². The molecule has 1 saturated heterocycles. The Bertz CT molecular complexity index is 363. The lowest BCUT2D eigenvalue weighted by Gasteiger charge is -2.29. The van der Waals surface area contributed by atoms with Crippen molar-refractivity contribution in [3.05, 3.63) is 0 Å². The van der Waals surface area contributed by atoms with E-state index in [0.29, 0.717) is 19.4 Å². The Balaban J connectivity index is 2.80. The number of nitrogens with one attached hydrogen (secondary N) is 2. The van der Waals surface area contributed by atoms with E-state index in [1.54, 1.807) is 13.8 Å². The third-order valence-corrected chi connectivity index (χ3v) is 3.55. The Morgan fingerprint density at radius 2 is 2.22 bits per heavy atom. The fourth-order valence-corrected chi connectivity index (χ4v) is 2.18. The van der Waals surface area contributed by atoms with Crippen molar-refractivity contribution in [2.45, 2.75) is 39.2 Å². The van der Waals surface area contributed by atoms with Gasteiger partial charge in [-0.25, -0.2) is 0 Å². The van der Waals surface area contributed by atoms with Crippen LogP contribution in [0.4, 0.5) is 0 Å². The Hall–Kier alpha value is -1.79. The summed E-state index contributed by atoms with van der Waals surface area (Å²) in [5.74, 6) is -0.478. The molecule has 1 fully saturated rings. The number of amides is 2. The number of carbonyl (C=O) groups is 2. The molecule has 1 aliphatic heterocycles. The molecule has 0 aromatic rings. The standard InChI is InChI=1S/C11H20N4O3/c1-3-11(4-2,9(12)15-18)10(17)14-7-5-8(16)13-6-7/h7,18H,3-6H2,1-2H3,(H2,12,15)(H,13,16)(H,14,17). The van der Waals surface area contributed by atoms with Gasteiger partial charge in [-0.3, -0.25) is 9.59 Å². The molecule has 0 aliphatic carbocycles. The van der Waals surface area contributed by atoms with E-state index in [-0.39, 0.29) is 30.1 Å². The highest BCUT2D eigenvalue weighted by atomic mass is 16.4. The third kappa shape index (κ3) is 2.55. The van der Waals surface area contributed by atoms with Crippen molar-refractivity contribution in [3.63, 3.8) is 0 Å². The number of amidine groups is 1. The monoisotopic (exact) mass is 256 g/mol. The van der Waals surface area contributed by atoms with Crippen molar-refractivity contribution < 1.29 is 14.8 Å². The first-order valence-electron chi connectivity index (χ1n) is 6.05. The van der Waals surface area contributed by atoms with Crippen molar-refractivity contribution in [1.29, 1.82) is 0 Å². The predicted molar refractivity (Wildman–Crippen MR) is 66.0 cm³/mol. The van der Waals surface area contributed by atoms with Gasteiger partial charge in [0.25, 0.3) is 0 Å². The fourth-order valence-electron chi connectivity index (χ4n) is 2.18. The SMILES string of the molecule is CCC(CC)(C(=O)NC1CNC(=O)C1)C(N)=NO. The molecule has 7 nitrogen and oxygen atoms in total. The van der Waals surface area contributed by atoms with Crippen molar-refractivity contribution in [2.75, 3.05) is 6.54 Å². The smallest absolute Gasteiger partial charge is 0.234 e. The quantitative estimate of drug-likeness (QED) is 0.230. The maximum absolute atomic E-state index is 12.3. The highest BCUT2D eigenvalue weighted by Gasteiger charge is 2.41. The van der Waals surface area contributed by atoms with Crippen LogP contribution in [-0.4, -0.2) is 35.4 Å². The second-order valence-corrected chi connectivity index (χ2v) is 4.45. The topological polar surface area (TPSA) is 117 Å². The summed E-state index contributed by atoms with van der Waals surface area (Å²) in [7, 11) is 0.